The molecule has 0 radical (unpaired) electrons. The van der Waals surface area contributed by atoms with Crippen LogP contribution in [0.15, 0.2) is 24.3 Å². The molecule has 124 valence electrons. The van der Waals surface area contributed by atoms with E-state index in [4.69, 9.17) is 15.2 Å². The molecule has 5 nitrogen and oxygen atoms in total. The average molecular weight is 329 g/mol. The van der Waals surface area contributed by atoms with Crippen LogP contribution >= 0.6 is 12.4 Å². The zero-order valence-electron chi connectivity index (χ0n) is 13.2. The Labute approximate surface area is 138 Å². The second-order valence-electron chi connectivity index (χ2n) is 5.40. The Kier molecular flexibility index (Phi) is 7.65. The molecule has 1 aliphatic rings. The van der Waals surface area contributed by atoms with Crippen molar-refractivity contribution in [3.63, 3.8) is 0 Å². The molecule has 1 unspecified atom stereocenters. The summed E-state index contributed by atoms with van der Waals surface area (Å²) in [6.07, 6.45) is 2.32. The van der Waals surface area contributed by atoms with E-state index in [-0.39, 0.29) is 24.4 Å². The van der Waals surface area contributed by atoms with Crippen LogP contribution in [-0.2, 0) is 16.1 Å². The van der Waals surface area contributed by atoms with Crippen molar-refractivity contribution in [3.8, 4) is 5.75 Å². The fourth-order valence-corrected chi connectivity index (χ4v) is 2.31. The van der Waals surface area contributed by atoms with Gasteiger partial charge in [0, 0.05) is 26.2 Å². The molecule has 22 heavy (non-hydrogen) atoms. The highest BCUT2D eigenvalue weighted by molar-refractivity contribution is 5.85. The molecule has 6 heteroatoms. The third-order valence-electron chi connectivity index (χ3n) is 3.82. The fourth-order valence-electron chi connectivity index (χ4n) is 2.31. The van der Waals surface area contributed by atoms with E-state index in [0.29, 0.717) is 25.6 Å². The van der Waals surface area contributed by atoms with E-state index in [9.17, 15) is 4.79 Å². The van der Waals surface area contributed by atoms with E-state index in [0.717, 1.165) is 24.2 Å². The first-order chi connectivity index (χ1) is 10.2. The van der Waals surface area contributed by atoms with Crippen LogP contribution in [0.1, 0.15) is 24.8 Å². The lowest BCUT2D eigenvalue weighted by molar-refractivity contribution is -0.134. The van der Waals surface area contributed by atoms with Crippen molar-refractivity contribution in [2.45, 2.75) is 38.0 Å². The lowest BCUT2D eigenvalue weighted by Gasteiger charge is -2.24. The smallest absolute Gasteiger partial charge is 0.225 e. The molecule has 1 atom stereocenters. The molecule has 1 amide bonds. The number of halogens is 1. The molecular weight excluding hydrogens is 304 g/mol. The minimum atomic E-state index is -0.199. The van der Waals surface area contributed by atoms with Crippen LogP contribution in [0.3, 0.4) is 0 Å². The van der Waals surface area contributed by atoms with Crippen molar-refractivity contribution in [1.29, 1.82) is 0 Å². The summed E-state index contributed by atoms with van der Waals surface area (Å²) in [5.74, 6) is 0.941. The van der Waals surface area contributed by atoms with Gasteiger partial charge >= 0.3 is 0 Å². The molecule has 0 spiro atoms. The molecule has 0 aliphatic heterocycles. The van der Waals surface area contributed by atoms with E-state index < -0.39 is 0 Å². The normalized spacial score (nSPS) is 14.9. The molecule has 1 saturated carbocycles. The van der Waals surface area contributed by atoms with Gasteiger partial charge in [-0.1, -0.05) is 12.1 Å². The standard InChI is InChI=1S/C16H24N2O3.ClH/c1-20-14-7-3-12(4-8-14)11-18(13-5-6-13)16(19)9-15(10-17)21-2;/h3-4,7-8,13,15H,5-6,9-11,17H2,1-2H3;1H. The number of ether oxygens (including phenoxy) is 2. The number of nitrogens with zero attached hydrogens (tertiary/aromatic N) is 1. The predicted molar refractivity (Wildman–Crippen MR) is 88.3 cm³/mol. The summed E-state index contributed by atoms with van der Waals surface area (Å²) in [4.78, 5) is 14.4. The lowest BCUT2D eigenvalue weighted by atomic mass is 10.1. The predicted octanol–water partition coefficient (Wildman–Crippen LogP) is 1.97. The monoisotopic (exact) mass is 328 g/mol. The largest absolute Gasteiger partial charge is 0.497 e. The van der Waals surface area contributed by atoms with Gasteiger partial charge in [-0.25, -0.2) is 0 Å². The van der Waals surface area contributed by atoms with Crippen LogP contribution in [0.25, 0.3) is 0 Å². The summed E-state index contributed by atoms with van der Waals surface area (Å²) < 4.78 is 10.4. The summed E-state index contributed by atoms with van der Waals surface area (Å²) >= 11 is 0. The van der Waals surface area contributed by atoms with Gasteiger partial charge < -0.3 is 20.1 Å². The van der Waals surface area contributed by atoms with Crippen LogP contribution in [0.2, 0.25) is 0 Å². The topological polar surface area (TPSA) is 64.8 Å². The second-order valence-corrected chi connectivity index (χ2v) is 5.40. The first-order valence-electron chi connectivity index (χ1n) is 7.33. The van der Waals surface area contributed by atoms with Gasteiger partial charge in [-0.15, -0.1) is 12.4 Å². The Bertz CT molecular complexity index is 459. The highest BCUT2D eigenvalue weighted by Gasteiger charge is 2.33. The van der Waals surface area contributed by atoms with Gasteiger partial charge in [0.1, 0.15) is 5.75 Å². The molecule has 0 saturated heterocycles. The number of amides is 1. The lowest BCUT2D eigenvalue weighted by Crippen LogP contribution is -2.37. The van der Waals surface area contributed by atoms with E-state index in [1.165, 1.54) is 0 Å². The maximum absolute atomic E-state index is 12.4. The number of benzene rings is 1. The van der Waals surface area contributed by atoms with Crippen LogP contribution < -0.4 is 10.5 Å². The molecule has 2 rings (SSSR count). The summed E-state index contributed by atoms with van der Waals surface area (Å²) in [6.45, 7) is 0.998. The second kappa shape index (κ2) is 8.98. The third-order valence-corrected chi connectivity index (χ3v) is 3.82. The van der Waals surface area contributed by atoms with Crippen LogP contribution in [0.4, 0.5) is 0 Å². The number of rotatable bonds is 8. The van der Waals surface area contributed by atoms with Gasteiger partial charge in [0.05, 0.1) is 19.6 Å². The van der Waals surface area contributed by atoms with Crippen LogP contribution in [0.5, 0.6) is 5.75 Å². The molecule has 0 heterocycles. The van der Waals surface area contributed by atoms with Crippen LogP contribution in [-0.4, -0.2) is 43.7 Å². The summed E-state index contributed by atoms with van der Waals surface area (Å²) in [5, 5.41) is 0. The van der Waals surface area contributed by atoms with Gasteiger partial charge in [0.2, 0.25) is 5.91 Å². The molecular formula is C16H25ClN2O3. The highest BCUT2D eigenvalue weighted by Crippen LogP contribution is 2.29. The Morgan fingerprint density at radius 3 is 2.41 bits per heavy atom. The van der Waals surface area contributed by atoms with Crippen molar-refractivity contribution in [1.82, 2.24) is 4.90 Å². The Morgan fingerprint density at radius 1 is 1.32 bits per heavy atom. The zero-order chi connectivity index (χ0) is 15.2. The van der Waals surface area contributed by atoms with Gasteiger partial charge in [-0.05, 0) is 30.5 Å². The number of hydrogen-bond donors (Lipinski definition) is 1. The maximum Gasteiger partial charge on any atom is 0.225 e. The summed E-state index contributed by atoms with van der Waals surface area (Å²) in [7, 11) is 3.24. The number of carbonyl (C=O) groups excluding carboxylic acids is 1. The minimum Gasteiger partial charge on any atom is -0.497 e. The molecule has 2 N–H and O–H groups in total. The number of nitrogens with two attached hydrogens (primary N) is 1. The average Bonchev–Trinajstić information content (AvgIpc) is 3.35. The summed E-state index contributed by atoms with van der Waals surface area (Å²) in [6, 6.07) is 8.21. The molecule has 0 aromatic heterocycles. The van der Waals surface area contributed by atoms with Gasteiger partial charge in [-0.3, -0.25) is 4.79 Å². The molecule has 1 aromatic carbocycles. The van der Waals surface area contributed by atoms with E-state index in [2.05, 4.69) is 0 Å². The Hall–Kier alpha value is -1.30. The first-order valence-corrected chi connectivity index (χ1v) is 7.33. The van der Waals surface area contributed by atoms with Gasteiger partial charge in [0.25, 0.3) is 0 Å². The van der Waals surface area contributed by atoms with Crippen molar-refractivity contribution in [2.24, 2.45) is 5.73 Å². The van der Waals surface area contributed by atoms with E-state index in [1.807, 2.05) is 29.2 Å². The molecule has 1 aromatic rings. The van der Waals surface area contributed by atoms with Crippen molar-refractivity contribution >= 4 is 18.3 Å². The highest BCUT2D eigenvalue weighted by atomic mass is 35.5. The maximum atomic E-state index is 12.4. The van der Waals surface area contributed by atoms with Crippen molar-refractivity contribution in [2.75, 3.05) is 20.8 Å². The molecule has 1 fully saturated rings. The summed E-state index contributed by atoms with van der Waals surface area (Å²) in [5.41, 5.74) is 6.71. The van der Waals surface area contributed by atoms with Gasteiger partial charge in [-0.2, -0.15) is 0 Å². The Balaban J connectivity index is 0.00000242. The number of hydrogen-bond acceptors (Lipinski definition) is 4. The third kappa shape index (κ3) is 5.16. The molecule has 0 bridgehead atoms. The SMILES string of the molecule is COc1ccc(CN(C(=O)CC(CN)OC)C2CC2)cc1.Cl. The quantitative estimate of drug-likeness (QED) is 0.792. The van der Waals surface area contributed by atoms with Crippen molar-refractivity contribution < 1.29 is 14.3 Å². The number of methoxy groups -OCH3 is 2. The fraction of sp³-hybridized carbons (Fsp3) is 0.562. The van der Waals surface area contributed by atoms with Gasteiger partial charge in [0.15, 0.2) is 0 Å². The van der Waals surface area contributed by atoms with Crippen molar-refractivity contribution in [3.05, 3.63) is 29.8 Å². The van der Waals surface area contributed by atoms with E-state index in [1.54, 1.807) is 14.2 Å². The van der Waals surface area contributed by atoms with Crippen LogP contribution in [0, 0.1) is 0 Å². The minimum absolute atomic E-state index is 0. The zero-order valence-corrected chi connectivity index (χ0v) is 14.0. The van der Waals surface area contributed by atoms with E-state index >= 15 is 0 Å². The number of carbonyl (C=O) groups is 1. The first kappa shape index (κ1) is 18.7. The molecule has 1 aliphatic carbocycles. The Morgan fingerprint density at radius 2 is 1.95 bits per heavy atom.